The molecule has 0 aromatic heterocycles. The lowest BCUT2D eigenvalue weighted by molar-refractivity contribution is -0.127. The average molecular weight is 334 g/mol. The molecule has 1 amide bonds. The lowest BCUT2D eigenvalue weighted by Gasteiger charge is -2.39. The third-order valence-electron chi connectivity index (χ3n) is 4.91. The summed E-state index contributed by atoms with van der Waals surface area (Å²) in [6.07, 6.45) is 3.86. The van der Waals surface area contributed by atoms with Crippen LogP contribution >= 0.6 is 0 Å². The van der Waals surface area contributed by atoms with E-state index >= 15 is 0 Å². The average Bonchev–Trinajstić information content (AvgIpc) is 2.68. The molecule has 25 heavy (non-hydrogen) atoms. The van der Waals surface area contributed by atoms with Crippen molar-refractivity contribution in [2.45, 2.75) is 25.4 Å². The number of carbonyl (C=O) groups is 1. The van der Waals surface area contributed by atoms with Gasteiger partial charge in [0.2, 0.25) is 5.91 Å². The van der Waals surface area contributed by atoms with Crippen molar-refractivity contribution in [3.63, 3.8) is 0 Å². The van der Waals surface area contributed by atoms with Gasteiger partial charge in [-0.25, -0.2) is 0 Å². The fraction of sp³-hybridized carbons (Fsp3) is 0.318. The highest BCUT2D eigenvalue weighted by Gasteiger charge is 2.31. The molecule has 3 heteroatoms. The van der Waals surface area contributed by atoms with Gasteiger partial charge in [0.25, 0.3) is 0 Å². The van der Waals surface area contributed by atoms with Gasteiger partial charge in [0.15, 0.2) is 0 Å². The van der Waals surface area contributed by atoms with Crippen LogP contribution in [0.4, 0.5) is 0 Å². The summed E-state index contributed by atoms with van der Waals surface area (Å²) in [6, 6.07) is 21.0. The van der Waals surface area contributed by atoms with Crippen molar-refractivity contribution in [3.8, 4) is 0 Å². The molecule has 1 aliphatic rings. The number of rotatable bonds is 6. The lowest BCUT2D eigenvalue weighted by Crippen LogP contribution is -2.44. The molecule has 2 unspecified atom stereocenters. The maximum Gasteiger partial charge on any atom is 0.224 e. The van der Waals surface area contributed by atoms with Gasteiger partial charge < -0.3 is 5.32 Å². The third-order valence-corrected chi connectivity index (χ3v) is 4.91. The second-order valence-electron chi connectivity index (χ2n) is 6.65. The molecule has 2 aromatic rings. The predicted octanol–water partition coefficient (Wildman–Crippen LogP) is 3.94. The molecular weight excluding hydrogens is 308 g/mol. The van der Waals surface area contributed by atoms with Crippen LogP contribution in [0.3, 0.4) is 0 Å². The smallest absolute Gasteiger partial charge is 0.224 e. The highest BCUT2D eigenvalue weighted by molar-refractivity contribution is 5.79. The first-order valence-corrected chi connectivity index (χ1v) is 8.99. The van der Waals surface area contributed by atoms with Crippen molar-refractivity contribution in [2.24, 2.45) is 5.92 Å². The van der Waals surface area contributed by atoms with E-state index in [-0.39, 0.29) is 11.8 Å². The first kappa shape index (κ1) is 17.4. The SMILES string of the molecule is C=CCN1CC(C(=O)NCc2ccccc2)CCC1c1ccccc1. The molecular formula is C22H26N2O. The zero-order valence-electron chi connectivity index (χ0n) is 14.6. The number of nitrogens with one attached hydrogen (secondary N) is 1. The summed E-state index contributed by atoms with van der Waals surface area (Å²) in [5.74, 6) is 0.202. The first-order chi connectivity index (χ1) is 12.3. The normalized spacial score (nSPS) is 20.8. The van der Waals surface area contributed by atoms with Gasteiger partial charge in [0.1, 0.15) is 0 Å². The number of likely N-dealkylation sites (tertiary alicyclic amines) is 1. The monoisotopic (exact) mass is 334 g/mol. The van der Waals surface area contributed by atoms with E-state index in [9.17, 15) is 4.79 Å². The topological polar surface area (TPSA) is 32.3 Å². The van der Waals surface area contributed by atoms with Crippen molar-refractivity contribution < 1.29 is 4.79 Å². The summed E-state index contributed by atoms with van der Waals surface area (Å²) in [7, 11) is 0. The Kier molecular flexibility index (Phi) is 6.02. The molecule has 1 N–H and O–H groups in total. The van der Waals surface area contributed by atoms with Crippen molar-refractivity contribution in [1.82, 2.24) is 10.2 Å². The summed E-state index contributed by atoms with van der Waals surface area (Å²) in [5, 5.41) is 3.09. The third kappa shape index (κ3) is 4.58. The van der Waals surface area contributed by atoms with Gasteiger partial charge in [0, 0.05) is 25.7 Å². The number of piperidine rings is 1. The zero-order valence-corrected chi connectivity index (χ0v) is 14.6. The molecule has 2 atom stereocenters. The first-order valence-electron chi connectivity index (χ1n) is 8.99. The van der Waals surface area contributed by atoms with Gasteiger partial charge in [-0.1, -0.05) is 66.7 Å². The lowest BCUT2D eigenvalue weighted by atomic mass is 9.88. The van der Waals surface area contributed by atoms with E-state index in [2.05, 4.69) is 41.1 Å². The molecule has 0 spiro atoms. The molecule has 0 bridgehead atoms. The van der Waals surface area contributed by atoms with E-state index in [1.807, 2.05) is 42.5 Å². The van der Waals surface area contributed by atoms with Crippen LogP contribution in [0, 0.1) is 5.92 Å². The molecule has 1 aliphatic heterocycles. The molecule has 3 nitrogen and oxygen atoms in total. The second-order valence-corrected chi connectivity index (χ2v) is 6.65. The van der Waals surface area contributed by atoms with Crippen LogP contribution in [0.5, 0.6) is 0 Å². The van der Waals surface area contributed by atoms with Crippen LogP contribution in [-0.2, 0) is 11.3 Å². The highest BCUT2D eigenvalue weighted by atomic mass is 16.1. The summed E-state index contributed by atoms with van der Waals surface area (Å²) in [4.78, 5) is 15.0. The molecule has 0 radical (unpaired) electrons. The number of amides is 1. The maximum absolute atomic E-state index is 12.6. The Bertz CT molecular complexity index is 684. The van der Waals surface area contributed by atoms with Crippen molar-refractivity contribution in [3.05, 3.63) is 84.4 Å². The molecule has 1 heterocycles. The number of hydrogen-bond acceptors (Lipinski definition) is 2. The number of hydrogen-bond donors (Lipinski definition) is 1. The molecule has 0 aliphatic carbocycles. The minimum atomic E-state index is 0.0450. The minimum Gasteiger partial charge on any atom is -0.352 e. The quantitative estimate of drug-likeness (QED) is 0.812. The molecule has 1 saturated heterocycles. The Morgan fingerprint density at radius 2 is 1.76 bits per heavy atom. The van der Waals surface area contributed by atoms with Crippen LogP contribution in [-0.4, -0.2) is 23.9 Å². The Morgan fingerprint density at radius 1 is 1.08 bits per heavy atom. The van der Waals surface area contributed by atoms with Crippen LogP contribution in [0.15, 0.2) is 73.3 Å². The summed E-state index contributed by atoms with van der Waals surface area (Å²) >= 11 is 0. The number of nitrogens with zero attached hydrogens (tertiary/aromatic N) is 1. The summed E-state index contributed by atoms with van der Waals surface area (Å²) < 4.78 is 0. The van der Waals surface area contributed by atoms with Gasteiger partial charge in [-0.15, -0.1) is 6.58 Å². The van der Waals surface area contributed by atoms with Gasteiger partial charge >= 0.3 is 0 Å². The van der Waals surface area contributed by atoms with Crippen LogP contribution in [0.2, 0.25) is 0 Å². The Morgan fingerprint density at radius 3 is 2.44 bits per heavy atom. The van der Waals surface area contributed by atoms with E-state index in [1.54, 1.807) is 0 Å². The van der Waals surface area contributed by atoms with Gasteiger partial charge in [0.05, 0.1) is 5.92 Å². The van der Waals surface area contributed by atoms with Gasteiger partial charge in [-0.2, -0.15) is 0 Å². The van der Waals surface area contributed by atoms with E-state index in [4.69, 9.17) is 0 Å². The van der Waals surface area contributed by atoms with E-state index in [0.717, 1.165) is 31.5 Å². The van der Waals surface area contributed by atoms with Crippen LogP contribution in [0.25, 0.3) is 0 Å². The summed E-state index contributed by atoms with van der Waals surface area (Å²) in [5.41, 5.74) is 2.46. The van der Waals surface area contributed by atoms with Crippen molar-refractivity contribution >= 4 is 5.91 Å². The molecule has 0 saturated carbocycles. The van der Waals surface area contributed by atoms with Gasteiger partial charge in [-0.3, -0.25) is 9.69 Å². The highest BCUT2D eigenvalue weighted by Crippen LogP contribution is 2.33. The minimum absolute atomic E-state index is 0.0450. The molecule has 2 aromatic carbocycles. The fourth-order valence-electron chi connectivity index (χ4n) is 3.61. The van der Waals surface area contributed by atoms with Crippen molar-refractivity contribution in [2.75, 3.05) is 13.1 Å². The maximum atomic E-state index is 12.6. The standard InChI is InChI=1S/C22H26N2O/c1-2-15-24-17-20(13-14-21(24)19-11-7-4-8-12-19)22(25)23-16-18-9-5-3-6-10-18/h2-12,20-21H,1,13-17H2,(H,23,25). The van der Waals surface area contributed by atoms with E-state index < -0.39 is 0 Å². The van der Waals surface area contributed by atoms with E-state index in [1.165, 1.54) is 5.56 Å². The van der Waals surface area contributed by atoms with E-state index in [0.29, 0.717) is 12.6 Å². The zero-order chi connectivity index (χ0) is 17.5. The van der Waals surface area contributed by atoms with Crippen LogP contribution in [0.1, 0.15) is 30.0 Å². The van der Waals surface area contributed by atoms with Crippen molar-refractivity contribution in [1.29, 1.82) is 0 Å². The molecule has 3 rings (SSSR count). The number of benzene rings is 2. The molecule has 1 fully saturated rings. The Hall–Kier alpha value is -2.39. The summed E-state index contributed by atoms with van der Waals surface area (Å²) in [6.45, 7) is 6.08. The molecule has 130 valence electrons. The number of carbonyl (C=O) groups excluding carboxylic acids is 1. The second kappa shape index (κ2) is 8.63. The van der Waals surface area contributed by atoms with Gasteiger partial charge in [-0.05, 0) is 24.0 Å². The van der Waals surface area contributed by atoms with Crippen LogP contribution < -0.4 is 5.32 Å². The Balaban J connectivity index is 1.61. The Labute approximate surface area is 150 Å². The fourth-order valence-corrected chi connectivity index (χ4v) is 3.61. The largest absolute Gasteiger partial charge is 0.352 e. The predicted molar refractivity (Wildman–Crippen MR) is 102 cm³/mol.